The molecule has 8 nitrogen and oxygen atoms in total. The minimum Gasteiger partial charge on any atom is -0.488 e. The van der Waals surface area contributed by atoms with Gasteiger partial charge in [0, 0.05) is 42.8 Å². The molecule has 172 valence electrons. The highest BCUT2D eigenvalue weighted by atomic mass is 35.5. The van der Waals surface area contributed by atoms with Crippen molar-refractivity contribution in [3.05, 3.63) is 82.4 Å². The fraction of sp³-hybridized carbons (Fsp3) is 0.292. The minimum absolute atomic E-state index is 0.181. The number of benzene rings is 2. The van der Waals surface area contributed by atoms with Crippen LogP contribution in [-0.4, -0.2) is 27.5 Å². The summed E-state index contributed by atoms with van der Waals surface area (Å²) in [6, 6.07) is 12.4. The number of rotatable bonds is 8. The highest BCUT2D eigenvalue weighted by Crippen LogP contribution is 2.40. The maximum Gasteiger partial charge on any atom is 0.252 e. The van der Waals surface area contributed by atoms with Gasteiger partial charge in [0.2, 0.25) is 5.91 Å². The van der Waals surface area contributed by atoms with Crippen LogP contribution in [0.15, 0.2) is 55.0 Å². The first kappa shape index (κ1) is 22.8. The molecule has 0 fully saturated rings. The van der Waals surface area contributed by atoms with Crippen molar-refractivity contribution in [1.29, 1.82) is 0 Å². The lowest BCUT2D eigenvalue weighted by molar-refractivity contribution is -0.125. The average Bonchev–Trinajstić information content (AvgIpc) is 3.20. The summed E-state index contributed by atoms with van der Waals surface area (Å²) in [5.74, 6) is -1.28. The topological polar surface area (TPSA) is 125 Å². The predicted octanol–water partition coefficient (Wildman–Crippen LogP) is 2.50. The number of primary amides is 2. The average molecular weight is 468 g/mol. The van der Waals surface area contributed by atoms with Gasteiger partial charge < -0.3 is 26.1 Å². The Morgan fingerprint density at radius 1 is 1.24 bits per heavy atom. The van der Waals surface area contributed by atoms with Crippen LogP contribution in [0.25, 0.3) is 0 Å². The first-order chi connectivity index (χ1) is 15.8. The fourth-order valence-corrected chi connectivity index (χ4v) is 4.35. The second-order valence-corrected chi connectivity index (χ2v) is 8.69. The number of ether oxygens (including phenoxy) is 1. The number of hydrogen-bond acceptors (Lipinski definition) is 5. The number of hydrogen-bond donors (Lipinski definition) is 3. The molecule has 0 bridgehead atoms. The summed E-state index contributed by atoms with van der Waals surface area (Å²) in [5, 5.41) is 4.13. The summed E-state index contributed by atoms with van der Waals surface area (Å²) in [6.45, 7) is 0.548. The second kappa shape index (κ2) is 9.64. The number of imidazole rings is 1. The van der Waals surface area contributed by atoms with Crippen molar-refractivity contribution < 1.29 is 14.3 Å². The first-order valence-electron chi connectivity index (χ1n) is 10.6. The van der Waals surface area contributed by atoms with Gasteiger partial charge in [0.25, 0.3) is 5.91 Å². The van der Waals surface area contributed by atoms with E-state index in [9.17, 15) is 9.59 Å². The first-order valence-corrected chi connectivity index (χ1v) is 11.0. The quantitative estimate of drug-likeness (QED) is 0.469. The van der Waals surface area contributed by atoms with Crippen molar-refractivity contribution in [3.8, 4) is 5.75 Å². The third-order valence-corrected chi connectivity index (χ3v) is 6.30. The Kier molecular flexibility index (Phi) is 6.67. The highest BCUT2D eigenvalue weighted by molar-refractivity contribution is 6.30. The summed E-state index contributed by atoms with van der Waals surface area (Å²) >= 11 is 6.00. The van der Waals surface area contributed by atoms with Gasteiger partial charge in [0.05, 0.1) is 23.5 Å². The van der Waals surface area contributed by atoms with Crippen LogP contribution in [0.2, 0.25) is 5.02 Å². The van der Waals surface area contributed by atoms with Crippen LogP contribution >= 0.6 is 11.6 Å². The van der Waals surface area contributed by atoms with Gasteiger partial charge in [0.15, 0.2) is 0 Å². The van der Waals surface area contributed by atoms with E-state index in [0.717, 1.165) is 16.8 Å². The molecular weight excluding hydrogens is 442 g/mol. The zero-order valence-electron chi connectivity index (χ0n) is 18.2. The molecule has 0 saturated carbocycles. The van der Waals surface area contributed by atoms with Gasteiger partial charge >= 0.3 is 0 Å². The Bertz CT molecular complexity index is 1160. The lowest BCUT2D eigenvalue weighted by atomic mass is 9.85. The normalized spacial score (nSPS) is 18.2. The van der Waals surface area contributed by atoms with E-state index < -0.39 is 23.8 Å². The molecule has 1 aliphatic heterocycles. The maximum atomic E-state index is 12.5. The van der Waals surface area contributed by atoms with Crippen molar-refractivity contribution in [3.63, 3.8) is 0 Å². The molecule has 4 rings (SSSR count). The minimum atomic E-state index is -0.610. The van der Waals surface area contributed by atoms with E-state index >= 15 is 0 Å². The number of carbonyl (C=O) groups excluding carboxylic acids is 2. The largest absolute Gasteiger partial charge is 0.488 e. The third kappa shape index (κ3) is 5.02. The standard InChI is InChI=1S/C24H26ClN5O3/c1-30-13-28-11-16(30)12-29-20-10-21(33-22-17(20)3-2-4-18(22)23(26)31)19(24(27)32)9-14-5-7-15(25)8-6-14/h2-8,11,13,19-21,29H,9-10,12H2,1H3,(H2,26,31)(H2,27,32)/t19-,20?,21?/m0/s1. The van der Waals surface area contributed by atoms with Gasteiger partial charge in [-0.1, -0.05) is 35.9 Å². The number of nitrogens with one attached hydrogen (secondary N) is 1. The molecule has 2 unspecified atom stereocenters. The van der Waals surface area contributed by atoms with Crippen LogP contribution in [0.3, 0.4) is 0 Å². The number of carbonyl (C=O) groups is 2. The number of aryl methyl sites for hydroxylation is 1. The van der Waals surface area contributed by atoms with E-state index in [1.807, 2.05) is 29.8 Å². The molecule has 1 aromatic heterocycles. The molecule has 5 N–H and O–H groups in total. The Labute approximate surface area is 196 Å². The summed E-state index contributed by atoms with van der Waals surface area (Å²) in [4.78, 5) is 28.8. The summed E-state index contributed by atoms with van der Waals surface area (Å²) in [5.41, 5.74) is 14.4. The summed E-state index contributed by atoms with van der Waals surface area (Å²) in [6.07, 6.45) is 3.86. The Morgan fingerprint density at radius 2 is 2.00 bits per heavy atom. The van der Waals surface area contributed by atoms with Crippen LogP contribution in [0, 0.1) is 5.92 Å². The SMILES string of the molecule is Cn1cncc1CNC1CC([C@H](Cc2ccc(Cl)cc2)C(N)=O)Oc2c(C(N)=O)cccc21. The Hall–Kier alpha value is -3.36. The van der Waals surface area contributed by atoms with Gasteiger partial charge in [-0.3, -0.25) is 9.59 Å². The monoisotopic (exact) mass is 467 g/mol. The van der Waals surface area contributed by atoms with Crippen LogP contribution in [0.4, 0.5) is 0 Å². The molecule has 33 heavy (non-hydrogen) atoms. The molecule has 0 spiro atoms. The molecule has 1 aliphatic rings. The van der Waals surface area contributed by atoms with E-state index in [-0.39, 0.29) is 11.6 Å². The summed E-state index contributed by atoms with van der Waals surface area (Å²) < 4.78 is 8.18. The molecule has 3 aromatic rings. The molecule has 9 heteroatoms. The number of halogens is 1. The number of para-hydroxylation sites is 1. The fourth-order valence-electron chi connectivity index (χ4n) is 4.23. The van der Waals surface area contributed by atoms with Crippen molar-refractivity contribution in [2.24, 2.45) is 24.4 Å². The van der Waals surface area contributed by atoms with Gasteiger partial charge in [-0.25, -0.2) is 4.98 Å². The zero-order valence-corrected chi connectivity index (χ0v) is 19.0. The zero-order chi connectivity index (χ0) is 23.5. The van der Waals surface area contributed by atoms with Gasteiger partial charge in [0.1, 0.15) is 11.9 Å². The second-order valence-electron chi connectivity index (χ2n) is 8.25. The molecule has 3 atom stereocenters. The predicted molar refractivity (Wildman–Crippen MR) is 125 cm³/mol. The smallest absolute Gasteiger partial charge is 0.252 e. The van der Waals surface area contributed by atoms with Gasteiger partial charge in [-0.05, 0) is 30.2 Å². The van der Waals surface area contributed by atoms with Crippen molar-refractivity contribution in [2.75, 3.05) is 0 Å². The number of nitrogens with two attached hydrogens (primary N) is 2. The lowest BCUT2D eigenvalue weighted by Gasteiger charge is -2.36. The molecule has 2 amide bonds. The van der Waals surface area contributed by atoms with E-state index in [1.165, 1.54) is 0 Å². The summed E-state index contributed by atoms with van der Waals surface area (Å²) in [7, 11) is 1.92. The molecule has 2 aromatic carbocycles. The van der Waals surface area contributed by atoms with Gasteiger partial charge in [-0.15, -0.1) is 0 Å². The van der Waals surface area contributed by atoms with E-state index in [0.29, 0.717) is 30.2 Å². The van der Waals surface area contributed by atoms with Crippen LogP contribution in [0.1, 0.15) is 39.6 Å². The molecule has 0 radical (unpaired) electrons. The Morgan fingerprint density at radius 3 is 2.64 bits per heavy atom. The van der Waals surface area contributed by atoms with Crippen molar-refractivity contribution in [1.82, 2.24) is 14.9 Å². The maximum absolute atomic E-state index is 12.5. The van der Waals surface area contributed by atoms with Crippen LogP contribution < -0.4 is 21.5 Å². The number of aromatic nitrogens is 2. The molecule has 0 aliphatic carbocycles. The number of fused-ring (bicyclic) bond motifs is 1. The van der Waals surface area contributed by atoms with E-state index in [4.69, 9.17) is 27.8 Å². The lowest BCUT2D eigenvalue weighted by Crippen LogP contribution is -2.44. The van der Waals surface area contributed by atoms with Crippen LogP contribution in [0.5, 0.6) is 5.75 Å². The van der Waals surface area contributed by atoms with E-state index in [1.54, 1.807) is 36.8 Å². The van der Waals surface area contributed by atoms with Gasteiger partial charge in [-0.2, -0.15) is 0 Å². The highest BCUT2D eigenvalue weighted by Gasteiger charge is 2.37. The van der Waals surface area contributed by atoms with E-state index in [2.05, 4.69) is 10.3 Å². The molecular formula is C24H26ClN5O3. The molecule has 2 heterocycles. The van der Waals surface area contributed by atoms with Crippen molar-refractivity contribution in [2.45, 2.75) is 31.5 Å². The molecule has 0 saturated heterocycles. The van der Waals surface area contributed by atoms with Crippen molar-refractivity contribution >= 4 is 23.4 Å². The number of amides is 2. The van der Waals surface area contributed by atoms with Crippen LogP contribution in [-0.2, 0) is 24.8 Å². The number of nitrogens with zero attached hydrogens (tertiary/aromatic N) is 2. The Balaban J connectivity index is 1.65. The third-order valence-electron chi connectivity index (χ3n) is 6.05.